The number of anilines is 1. The molecule has 1 aromatic carbocycles. The minimum atomic E-state index is -1.08. The molecule has 1 amide bonds. The summed E-state index contributed by atoms with van der Waals surface area (Å²) in [6.07, 6.45) is 0.371. The van der Waals surface area contributed by atoms with Crippen molar-refractivity contribution in [2.45, 2.75) is 25.0 Å². The fourth-order valence-electron chi connectivity index (χ4n) is 3.12. The van der Waals surface area contributed by atoms with Gasteiger partial charge in [-0.05, 0) is 25.0 Å². The zero-order valence-corrected chi connectivity index (χ0v) is 10.9. The third kappa shape index (κ3) is 2.37. The van der Waals surface area contributed by atoms with Crippen LogP contribution in [0, 0.1) is 23.5 Å². The summed E-state index contributed by atoms with van der Waals surface area (Å²) >= 11 is 0. The van der Waals surface area contributed by atoms with E-state index in [9.17, 15) is 23.5 Å². The molecule has 2 bridgehead atoms. The van der Waals surface area contributed by atoms with E-state index in [2.05, 4.69) is 5.32 Å². The van der Waals surface area contributed by atoms with Crippen LogP contribution in [0.15, 0.2) is 18.2 Å². The fraction of sp³-hybridized carbons (Fsp3) is 0.429. The average Bonchev–Trinajstić information content (AvgIpc) is 3.03. The third-order valence-electron chi connectivity index (χ3n) is 4.05. The van der Waals surface area contributed by atoms with Crippen LogP contribution in [-0.2, 0) is 14.3 Å². The molecule has 0 aromatic heterocycles. The number of carbonyl (C=O) groups excluding carboxylic acids is 1. The van der Waals surface area contributed by atoms with Crippen molar-refractivity contribution < 1.29 is 28.2 Å². The van der Waals surface area contributed by atoms with Gasteiger partial charge in [0, 0.05) is 11.8 Å². The van der Waals surface area contributed by atoms with Gasteiger partial charge in [0.05, 0.1) is 24.0 Å². The molecule has 1 aromatic rings. The number of fused-ring (bicyclic) bond motifs is 2. The Morgan fingerprint density at radius 1 is 1.14 bits per heavy atom. The summed E-state index contributed by atoms with van der Waals surface area (Å²) in [5.74, 6) is -5.41. The van der Waals surface area contributed by atoms with Gasteiger partial charge in [-0.25, -0.2) is 8.78 Å². The lowest BCUT2D eigenvalue weighted by molar-refractivity contribution is -0.147. The molecule has 4 atom stereocenters. The molecule has 0 radical (unpaired) electrons. The van der Waals surface area contributed by atoms with Crippen LogP contribution in [0.3, 0.4) is 0 Å². The standard InChI is InChI=1S/C14H13F2NO4/c15-7-2-1-6(5-8(7)16)17-13(18)11-9-3-4-10(21-9)12(11)14(19)20/h1-2,5,9-12H,3-4H2,(H,17,18)(H,19,20)/t9-,10+,11+,12-/m1/s1. The number of hydrogen-bond acceptors (Lipinski definition) is 3. The number of carbonyl (C=O) groups is 2. The van der Waals surface area contributed by atoms with Crippen LogP contribution in [0.4, 0.5) is 14.5 Å². The van der Waals surface area contributed by atoms with Gasteiger partial charge in [0.15, 0.2) is 11.6 Å². The highest BCUT2D eigenvalue weighted by Gasteiger charge is 2.55. The Morgan fingerprint density at radius 3 is 2.43 bits per heavy atom. The van der Waals surface area contributed by atoms with E-state index in [1.165, 1.54) is 6.07 Å². The minimum Gasteiger partial charge on any atom is -0.481 e. The maximum atomic E-state index is 13.1. The molecule has 0 unspecified atom stereocenters. The Balaban J connectivity index is 1.78. The monoisotopic (exact) mass is 297 g/mol. The number of halogens is 2. The lowest BCUT2D eigenvalue weighted by Crippen LogP contribution is -2.40. The van der Waals surface area contributed by atoms with Crippen molar-refractivity contribution in [3.8, 4) is 0 Å². The van der Waals surface area contributed by atoms with Crippen LogP contribution < -0.4 is 5.32 Å². The molecule has 2 aliphatic heterocycles. The van der Waals surface area contributed by atoms with Gasteiger partial charge in [-0.3, -0.25) is 9.59 Å². The molecule has 112 valence electrons. The number of amides is 1. The van der Waals surface area contributed by atoms with Crippen molar-refractivity contribution >= 4 is 17.6 Å². The molecular formula is C14H13F2NO4. The SMILES string of the molecule is O=C(Nc1ccc(F)c(F)c1)[C@@H]1[C@H](C(=O)O)[C@@H]2CC[C@H]1O2. The van der Waals surface area contributed by atoms with Crippen molar-refractivity contribution in [1.82, 2.24) is 0 Å². The molecule has 2 fully saturated rings. The summed E-state index contributed by atoms with van der Waals surface area (Å²) in [5, 5.41) is 11.7. The third-order valence-corrected chi connectivity index (χ3v) is 4.05. The molecule has 5 nitrogen and oxygen atoms in total. The minimum absolute atomic E-state index is 0.0887. The van der Waals surface area contributed by atoms with Crippen molar-refractivity contribution in [1.29, 1.82) is 0 Å². The van der Waals surface area contributed by atoms with E-state index in [0.717, 1.165) is 12.1 Å². The number of rotatable bonds is 3. The first kappa shape index (κ1) is 13.9. The number of carboxylic acid groups (broad SMARTS) is 1. The van der Waals surface area contributed by atoms with E-state index in [-0.39, 0.29) is 5.69 Å². The molecule has 2 saturated heterocycles. The van der Waals surface area contributed by atoms with E-state index in [1.54, 1.807) is 0 Å². The van der Waals surface area contributed by atoms with Crippen LogP contribution in [0.25, 0.3) is 0 Å². The maximum absolute atomic E-state index is 13.1. The highest BCUT2D eigenvalue weighted by molar-refractivity contribution is 5.96. The second kappa shape index (κ2) is 5.07. The van der Waals surface area contributed by atoms with Gasteiger partial charge in [-0.15, -0.1) is 0 Å². The normalized spacial score (nSPS) is 30.4. The van der Waals surface area contributed by atoms with Gasteiger partial charge >= 0.3 is 5.97 Å². The van der Waals surface area contributed by atoms with Gasteiger partial charge < -0.3 is 15.2 Å². The van der Waals surface area contributed by atoms with Crippen molar-refractivity contribution in [3.05, 3.63) is 29.8 Å². The van der Waals surface area contributed by atoms with Crippen LogP contribution in [-0.4, -0.2) is 29.2 Å². The van der Waals surface area contributed by atoms with Crippen LogP contribution in [0.1, 0.15) is 12.8 Å². The molecule has 21 heavy (non-hydrogen) atoms. The van der Waals surface area contributed by atoms with Gasteiger partial charge in [-0.1, -0.05) is 0 Å². The average molecular weight is 297 g/mol. The fourth-order valence-corrected chi connectivity index (χ4v) is 3.12. The number of carboxylic acids is 1. The van der Waals surface area contributed by atoms with Crippen LogP contribution in [0.5, 0.6) is 0 Å². The molecule has 7 heteroatoms. The molecule has 2 aliphatic rings. The zero-order chi connectivity index (χ0) is 15.1. The van der Waals surface area contributed by atoms with Crippen LogP contribution >= 0.6 is 0 Å². The van der Waals surface area contributed by atoms with Crippen molar-refractivity contribution in [2.75, 3.05) is 5.32 Å². The Morgan fingerprint density at radius 2 is 1.81 bits per heavy atom. The largest absolute Gasteiger partial charge is 0.481 e. The molecule has 0 saturated carbocycles. The van der Waals surface area contributed by atoms with E-state index < -0.39 is 47.6 Å². The Labute approximate surface area is 118 Å². The summed E-state index contributed by atoms with van der Waals surface area (Å²) in [6.45, 7) is 0. The summed E-state index contributed by atoms with van der Waals surface area (Å²) in [7, 11) is 0. The van der Waals surface area contributed by atoms with Crippen LogP contribution in [0.2, 0.25) is 0 Å². The molecule has 2 heterocycles. The van der Waals surface area contributed by atoms with E-state index in [4.69, 9.17) is 4.74 Å². The second-order valence-electron chi connectivity index (χ2n) is 5.30. The Hall–Kier alpha value is -2.02. The molecule has 0 aliphatic carbocycles. The highest BCUT2D eigenvalue weighted by Crippen LogP contribution is 2.44. The highest BCUT2D eigenvalue weighted by atomic mass is 19.2. The number of hydrogen-bond donors (Lipinski definition) is 2. The van der Waals surface area contributed by atoms with Gasteiger partial charge in [0.2, 0.25) is 5.91 Å². The summed E-state index contributed by atoms with van der Waals surface area (Å²) < 4.78 is 31.4. The molecular weight excluding hydrogens is 284 g/mol. The van der Waals surface area contributed by atoms with E-state index in [0.29, 0.717) is 12.8 Å². The number of nitrogens with one attached hydrogen (secondary N) is 1. The lowest BCUT2D eigenvalue weighted by atomic mass is 9.78. The van der Waals surface area contributed by atoms with Gasteiger partial charge in [0.25, 0.3) is 0 Å². The van der Waals surface area contributed by atoms with Crippen molar-refractivity contribution in [3.63, 3.8) is 0 Å². The first-order valence-electron chi connectivity index (χ1n) is 6.61. The quantitative estimate of drug-likeness (QED) is 0.891. The summed E-state index contributed by atoms with van der Waals surface area (Å²) in [5.41, 5.74) is 0.0887. The van der Waals surface area contributed by atoms with Gasteiger partial charge in [-0.2, -0.15) is 0 Å². The van der Waals surface area contributed by atoms with Crippen molar-refractivity contribution in [2.24, 2.45) is 11.8 Å². The van der Waals surface area contributed by atoms with E-state index in [1.807, 2.05) is 0 Å². The first-order valence-corrected chi connectivity index (χ1v) is 6.61. The molecule has 0 spiro atoms. The van der Waals surface area contributed by atoms with E-state index >= 15 is 0 Å². The summed E-state index contributed by atoms with van der Waals surface area (Å²) in [6, 6.07) is 2.98. The molecule has 2 N–H and O–H groups in total. The molecule has 3 rings (SSSR count). The summed E-state index contributed by atoms with van der Waals surface area (Å²) in [4.78, 5) is 23.5. The number of aliphatic carboxylic acids is 1. The Bertz CT molecular complexity index is 607. The number of ether oxygens (including phenoxy) is 1. The zero-order valence-electron chi connectivity index (χ0n) is 10.9. The second-order valence-corrected chi connectivity index (χ2v) is 5.30. The lowest BCUT2D eigenvalue weighted by Gasteiger charge is -2.23. The topological polar surface area (TPSA) is 75.6 Å². The maximum Gasteiger partial charge on any atom is 0.310 e. The predicted molar refractivity (Wildman–Crippen MR) is 67.5 cm³/mol. The first-order chi connectivity index (χ1) is 9.97. The Kier molecular flexibility index (Phi) is 3.36. The predicted octanol–water partition coefficient (Wildman–Crippen LogP) is 1.78. The number of benzene rings is 1. The smallest absolute Gasteiger partial charge is 0.310 e. The van der Waals surface area contributed by atoms with Gasteiger partial charge in [0.1, 0.15) is 0 Å².